The van der Waals surface area contributed by atoms with Crippen LogP contribution in [0.25, 0.3) is 16.7 Å². The van der Waals surface area contributed by atoms with Crippen LogP contribution < -0.4 is 11.0 Å². The molecule has 0 bridgehead atoms. The molecule has 0 aliphatic carbocycles. The number of imidazole rings is 1. The van der Waals surface area contributed by atoms with Crippen molar-refractivity contribution in [2.24, 2.45) is 0 Å². The van der Waals surface area contributed by atoms with Crippen LogP contribution in [0.15, 0.2) is 52.4 Å². The van der Waals surface area contributed by atoms with Crippen LogP contribution in [0, 0.1) is 0 Å². The molecule has 172 valence electrons. The number of hydrogen-bond donors (Lipinski definition) is 3. The van der Waals surface area contributed by atoms with Gasteiger partial charge in [0, 0.05) is 16.4 Å². The summed E-state index contributed by atoms with van der Waals surface area (Å²) in [6.45, 7) is 3.86. The summed E-state index contributed by atoms with van der Waals surface area (Å²) in [4.78, 5) is 31.8. The number of amides is 1. The Morgan fingerprint density at radius 1 is 1.09 bits per heavy atom. The molecule has 33 heavy (non-hydrogen) atoms. The summed E-state index contributed by atoms with van der Waals surface area (Å²) in [5, 5.41) is 12.5. The molecule has 0 aliphatic heterocycles. The number of carbonyl (C=O) groups excluding carboxylic acids is 1. The van der Waals surface area contributed by atoms with Gasteiger partial charge in [0.2, 0.25) is 5.91 Å². The maximum absolute atomic E-state index is 12.9. The van der Waals surface area contributed by atoms with E-state index in [2.05, 4.69) is 25.5 Å². The van der Waals surface area contributed by atoms with Gasteiger partial charge in [0.05, 0.1) is 22.3 Å². The second kappa shape index (κ2) is 9.42. The van der Waals surface area contributed by atoms with Gasteiger partial charge >= 0.3 is 5.69 Å². The fourth-order valence-electron chi connectivity index (χ4n) is 3.26. The first-order valence-corrected chi connectivity index (χ1v) is 11.6. The molecule has 0 spiro atoms. The molecule has 1 amide bonds. The van der Waals surface area contributed by atoms with E-state index in [4.69, 9.17) is 11.6 Å². The van der Waals surface area contributed by atoms with Crippen molar-refractivity contribution < 1.29 is 4.79 Å². The molecular formula is C22H24ClN7O2S. The Bertz CT molecular complexity index is 1340. The van der Waals surface area contributed by atoms with Crippen molar-refractivity contribution in [3.05, 3.63) is 63.8 Å². The van der Waals surface area contributed by atoms with Crippen LogP contribution in [0.3, 0.4) is 0 Å². The number of carbonyl (C=O) groups is 1. The van der Waals surface area contributed by atoms with Crippen LogP contribution in [0.5, 0.6) is 0 Å². The van der Waals surface area contributed by atoms with Crippen LogP contribution in [0.4, 0.5) is 5.69 Å². The lowest BCUT2D eigenvalue weighted by Gasteiger charge is -2.21. The van der Waals surface area contributed by atoms with Gasteiger partial charge < -0.3 is 15.3 Å². The zero-order chi connectivity index (χ0) is 23.7. The van der Waals surface area contributed by atoms with E-state index in [1.165, 1.54) is 11.8 Å². The van der Waals surface area contributed by atoms with E-state index < -0.39 is 5.25 Å². The molecule has 9 nitrogen and oxygen atoms in total. The van der Waals surface area contributed by atoms with E-state index in [9.17, 15) is 9.59 Å². The van der Waals surface area contributed by atoms with Crippen molar-refractivity contribution >= 4 is 46.0 Å². The monoisotopic (exact) mass is 485 g/mol. The number of aromatic amines is 2. The quantitative estimate of drug-likeness (QED) is 0.343. The number of fused-ring (bicyclic) bond motifs is 1. The van der Waals surface area contributed by atoms with Crippen LogP contribution in [0.1, 0.15) is 25.7 Å². The zero-order valence-electron chi connectivity index (χ0n) is 18.6. The Morgan fingerprint density at radius 2 is 1.79 bits per heavy atom. The third kappa shape index (κ3) is 4.97. The number of halogens is 1. The number of nitrogens with zero attached hydrogens (tertiary/aromatic N) is 4. The summed E-state index contributed by atoms with van der Waals surface area (Å²) in [5.41, 5.74) is 2.48. The molecule has 0 fully saturated rings. The van der Waals surface area contributed by atoms with Gasteiger partial charge in [-0.1, -0.05) is 23.4 Å². The molecule has 2 aromatic carbocycles. The largest absolute Gasteiger partial charge is 0.325 e. The molecule has 4 rings (SSSR count). The normalized spacial score (nSPS) is 13.4. The molecule has 3 N–H and O–H groups in total. The fraction of sp³-hybridized carbons (Fsp3) is 0.273. The van der Waals surface area contributed by atoms with E-state index >= 15 is 0 Å². The lowest BCUT2D eigenvalue weighted by atomic mass is 10.2. The minimum atomic E-state index is -0.455. The summed E-state index contributed by atoms with van der Waals surface area (Å²) in [7, 11) is 3.95. The summed E-state index contributed by atoms with van der Waals surface area (Å²) in [6.07, 6.45) is 0. The Balaban J connectivity index is 1.58. The van der Waals surface area contributed by atoms with E-state index in [0.29, 0.717) is 26.9 Å². The van der Waals surface area contributed by atoms with Gasteiger partial charge in [-0.2, -0.15) is 0 Å². The summed E-state index contributed by atoms with van der Waals surface area (Å²) < 4.78 is 1.95. The Hall–Kier alpha value is -3.08. The Labute approximate surface area is 199 Å². The standard InChI is InChI=1S/C22H24ClN7O2S/c1-12(29(3)4)19-27-28-22(30(19)16-8-5-14(23)6-9-16)33-13(2)20(31)24-15-7-10-17-18(11-15)26-21(32)25-17/h5-13H,1-4H3,(H,24,31)(H2,25,26,32). The Morgan fingerprint density at radius 3 is 2.48 bits per heavy atom. The molecule has 11 heteroatoms. The molecule has 2 unspecified atom stereocenters. The number of anilines is 1. The SMILES string of the molecule is CC(Sc1nnc(C(C)N(C)C)n1-c1ccc(Cl)cc1)C(=O)Nc1ccc2[nH]c(=O)[nH]c2c1. The van der Waals surface area contributed by atoms with Gasteiger partial charge in [0.1, 0.15) is 0 Å². The van der Waals surface area contributed by atoms with E-state index in [0.717, 1.165) is 11.5 Å². The predicted octanol–water partition coefficient (Wildman–Crippen LogP) is 3.83. The van der Waals surface area contributed by atoms with Crippen LogP contribution in [-0.2, 0) is 4.79 Å². The third-order valence-corrected chi connectivity index (χ3v) is 6.62. The van der Waals surface area contributed by atoms with Gasteiger partial charge in [-0.15, -0.1) is 10.2 Å². The first-order chi connectivity index (χ1) is 15.7. The molecular weight excluding hydrogens is 462 g/mol. The number of hydrogen-bond acceptors (Lipinski definition) is 6. The lowest BCUT2D eigenvalue weighted by molar-refractivity contribution is -0.115. The minimum Gasteiger partial charge on any atom is -0.325 e. The first kappa shape index (κ1) is 23.1. The highest BCUT2D eigenvalue weighted by molar-refractivity contribution is 8.00. The third-order valence-electron chi connectivity index (χ3n) is 5.33. The second-order valence-electron chi connectivity index (χ2n) is 7.88. The highest BCUT2D eigenvalue weighted by Crippen LogP contribution is 2.30. The number of benzene rings is 2. The summed E-state index contributed by atoms with van der Waals surface area (Å²) in [5.74, 6) is 0.574. The average Bonchev–Trinajstić information content (AvgIpc) is 3.35. The molecule has 2 aromatic heterocycles. The van der Waals surface area contributed by atoms with Gasteiger partial charge in [0.25, 0.3) is 0 Å². The topological polar surface area (TPSA) is 112 Å². The minimum absolute atomic E-state index is 0.00175. The van der Waals surface area contributed by atoms with E-state index in [1.54, 1.807) is 18.2 Å². The molecule has 0 saturated heterocycles. The predicted molar refractivity (Wildman–Crippen MR) is 131 cm³/mol. The van der Waals surface area contributed by atoms with Crippen LogP contribution >= 0.6 is 23.4 Å². The number of thioether (sulfide) groups is 1. The summed E-state index contributed by atoms with van der Waals surface area (Å²) in [6, 6.07) is 12.6. The maximum atomic E-state index is 12.9. The second-order valence-corrected chi connectivity index (χ2v) is 9.63. The molecule has 2 atom stereocenters. The van der Waals surface area contributed by atoms with Crippen molar-refractivity contribution in [3.8, 4) is 5.69 Å². The molecule has 0 radical (unpaired) electrons. The first-order valence-electron chi connectivity index (χ1n) is 10.3. The zero-order valence-corrected chi connectivity index (χ0v) is 20.2. The maximum Gasteiger partial charge on any atom is 0.323 e. The van der Waals surface area contributed by atoms with Crippen LogP contribution in [0.2, 0.25) is 5.02 Å². The number of nitrogens with one attached hydrogen (secondary N) is 3. The van der Waals surface area contributed by atoms with E-state index in [-0.39, 0.29) is 17.6 Å². The van der Waals surface area contributed by atoms with Crippen molar-refractivity contribution in [1.82, 2.24) is 29.6 Å². The van der Waals surface area contributed by atoms with Crippen molar-refractivity contribution in [3.63, 3.8) is 0 Å². The summed E-state index contributed by atoms with van der Waals surface area (Å²) >= 11 is 7.39. The highest BCUT2D eigenvalue weighted by atomic mass is 35.5. The molecule has 0 aliphatic rings. The van der Waals surface area contributed by atoms with Crippen LogP contribution in [-0.4, -0.2) is 54.9 Å². The number of rotatable bonds is 7. The van der Waals surface area contributed by atoms with Crippen molar-refractivity contribution in [2.45, 2.75) is 30.3 Å². The highest BCUT2D eigenvalue weighted by Gasteiger charge is 2.24. The van der Waals surface area contributed by atoms with Gasteiger partial charge in [0.15, 0.2) is 11.0 Å². The number of H-pyrrole nitrogens is 2. The number of aromatic nitrogens is 5. The lowest BCUT2D eigenvalue weighted by Crippen LogP contribution is -2.23. The smallest absolute Gasteiger partial charge is 0.323 e. The van der Waals surface area contributed by atoms with Crippen molar-refractivity contribution in [2.75, 3.05) is 19.4 Å². The van der Waals surface area contributed by atoms with E-state index in [1.807, 2.05) is 61.7 Å². The van der Waals surface area contributed by atoms with Gasteiger partial charge in [-0.05, 0) is 70.4 Å². The molecule has 0 saturated carbocycles. The molecule has 4 aromatic rings. The van der Waals surface area contributed by atoms with Crippen molar-refractivity contribution in [1.29, 1.82) is 0 Å². The van der Waals surface area contributed by atoms with Gasteiger partial charge in [-0.25, -0.2) is 4.79 Å². The molecule has 2 heterocycles. The fourth-order valence-corrected chi connectivity index (χ4v) is 4.26. The Kier molecular flexibility index (Phi) is 6.59. The van der Waals surface area contributed by atoms with Gasteiger partial charge in [-0.3, -0.25) is 14.3 Å². The average molecular weight is 486 g/mol.